The first-order valence-electron chi connectivity index (χ1n) is 7.76. The maximum atomic E-state index is 12.2. The zero-order valence-electron chi connectivity index (χ0n) is 14.7. The molecule has 0 spiro atoms. The maximum absolute atomic E-state index is 12.2. The zero-order valence-corrected chi connectivity index (χ0v) is 15.5. The van der Waals surface area contributed by atoms with Crippen molar-refractivity contribution in [1.82, 2.24) is 9.88 Å². The molecule has 0 bridgehead atoms. The summed E-state index contributed by atoms with van der Waals surface area (Å²) in [7, 11) is 3.63. The van der Waals surface area contributed by atoms with Crippen LogP contribution in [0.15, 0.2) is 23.6 Å². The Morgan fingerprint density at radius 1 is 1.38 bits per heavy atom. The lowest BCUT2D eigenvalue weighted by atomic mass is 10.2. The second-order valence-electron chi connectivity index (χ2n) is 5.94. The summed E-state index contributed by atoms with van der Waals surface area (Å²) in [4.78, 5) is 18.8. The van der Waals surface area contributed by atoms with E-state index >= 15 is 0 Å². The summed E-state index contributed by atoms with van der Waals surface area (Å²) in [5, 5.41) is 8.08. The first-order chi connectivity index (χ1) is 11.4. The van der Waals surface area contributed by atoms with Gasteiger partial charge in [-0.1, -0.05) is 6.07 Å². The van der Waals surface area contributed by atoms with Crippen molar-refractivity contribution in [2.24, 2.45) is 0 Å². The summed E-state index contributed by atoms with van der Waals surface area (Å²) < 4.78 is 5.29. The summed E-state index contributed by atoms with van der Waals surface area (Å²) in [5.74, 6) is 0.628. The number of hydrogen-bond donors (Lipinski definition) is 2. The van der Waals surface area contributed by atoms with Crippen molar-refractivity contribution >= 4 is 28.2 Å². The highest BCUT2D eigenvalue weighted by molar-refractivity contribution is 7.13. The Hall–Kier alpha value is -2.12. The van der Waals surface area contributed by atoms with Gasteiger partial charge in [-0.05, 0) is 45.5 Å². The number of benzene rings is 1. The molecule has 2 N–H and O–H groups in total. The van der Waals surface area contributed by atoms with E-state index in [0.717, 1.165) is 17.8 Å². The molecule has 0 saturated heterocycles. The predicted molar refractivity (Wildman–Crippen MR) is 99.1 cm³/mol. The van der Waals surface area contributed by atoms with E-state index in [1.807, 2.05) is 37.6 Å². The molecule has 6 nitrogen and oxygen atoms in total. The normalized spacial score (nSPS) is 11.0. The zero-order chi connectivity index (χ0) is 17.7. The third-order valence-corrected chi connectivity index (χ3v) is 4.48. The molecule has 0 aliphatic heterocycles. The second kappa shape index (κ2) is 8.12. The van der Waals surface area contributed by atoms with Gasteiger partial charge >= 0.3 is 6.03 Å². The average Bonchev–Trinajstić information content (AvgIpc) is 2.95. The lowest BCUT2D eigenvalue weighted by Gasteiger charge is -2.19. The van der Waals surface area contributed by atoms with E-state index in [2.05, 4.69) is 34.4 Å². The number of rotatable bonds is 6. The summed E-state index contributed by atoms with van der Waals surface area (Å²) in [6.07, 6.45) is 0. The molecule has 2 aromatic rings. The first kappa shape index (κ1) is 18.2. The molecule has 2 amide bonds. The van der Waals surface area contributed by atoms with Gasteiger partial charge in [0.25, 0.3) is 0 Å². The van der Waals surface area contributed by atoms with Gasteiger partial charge in [0.1, 0.15) is 5.75 Å². The molecule has 130 valence electrons. The second-order valence-corrected chi connectivity index (χ2v) is 6.79. The lowest BCUT2D eigenvalue weighted by Crippen LogP contribution is -2.25. The van der Waals surface area contributed by atoms with E-state index in [-0.39, 0.29) is 6.03 Å². The van der Waals surface area contributed by atoms with Crippen LogP contribution in [0.25, 0.3) is 0 Å². The SMILES string of the molecule is COc1cc(C)ccc1NC(=O)Nc1nc(CN(C)C(C)C)cs1. The van der Waals surface area contributed by atoms with Gasteiger partial charge in [-0.2, -0.15) is 0 Å². The number of urea groups is 1. The largest absolute Gasteiger partial charge is 0.495 e. The molecule has 1 heterocycles. The number of nitrogens with zero attached hydrogens (tertiary/aromatic N) is 2. The van der Waals surface area contributed by atoms with Crippen LogP contribution < -0.4 is 15.4 Å². The van der Waals surface area contributed by atoms with Crippen LogP contribution in [0, 0.1) is 6.92 Å². The Morgan fingerprint density at radius 2 is 2.12 bits per heavy atom. The number of carbonyl (C=O) groups excluding carboxylic acids is 1. The van der Waals surface area contributed by atoms with Crippen molar-refractivity contribution in [2.45, 2.75) is 33.4 Å². The van der Waals surface area contributed by atoms with E-state index in [1.54, 1.807) is 7.11 Å². The molecule has 0 saturated carbocycles. The van der Waals surface area contributed by atoms with Gasteiger partial charge in [-0.3, -0.25) is 10.2 Å². The quantitative estimate of drug-likeness (QED) is 0.830. The van der Waals surface area contributed by atoms with E-state index in [1.165, 1.54) is 11.3 Å². The van der Waals surface area contributed by atoms with Gasteiger partial charge in [0.15, 0.2) is 5.13 Å². The molecule has 1 aromatic heterocycles. The van der Waals surface area contributed by atoms with Crippen molar-refractivity contribution < 1.29 is 9.53 Å². The van der Waals surface area contributed by atoms with Gasteiger partial charge < -0.3 is 10.1 Å². The fourth-order valence-electron chi connectivity index (χ4n) is 2.03. The molecule has 0 radical (unpaired) electrons. The molecular formula is C17H24N4O2S. The Labute approximate surface area is 146 Å². The number of aryl methyl sites for hydroxylation is 1. The number of nitrogens with one attached hydrogen (secondary N) is 2. The molecule has 0 unspecified atom stereocenters. The van der Waals surface area contributed by atoms with Crippen molar-refractivity contribution in [3.8, 4) is 5.75 Å². The minimum absolute atomic E-state index is 0.338. The summed E-state index contributed by atoms with van der Waals surface area (Å²) in [6.45, 7) is 6.99. The number of amides is 2. The maximum Gasteiger partial charge on any atom is 0.325 e. The third-order valence-electron chi connectivity index (χ3n) is 3.67. The van der Waals surface area contributed by atoms with Crippen LogP contribution in [0.4, 0.5) is 15.6 Å². The third kappa shape index (κ3) is 4.94. The molecule has 0 aliphatic carbocycles. The van der Waals surface area contributed by atoms with Crippen molar-refractivity contribution in [1.29, 1.82) is 0 Å². The van der Waals surface area contributed by atoms with Crippen LogP contribution in [0.2, 0.25) is 0 Å². The van der Waals surface area contributed by atoms with Crippen molar-refractivity contribution in [3.05, 3.63) is 34.8 Å². The fraction of sp³-hybridized carbons (Fsp3) is 0.412. The number of carbonyl (C=O) groups is 1. The monoisotopic (exact) mass is 348 g/mol. The smallest absolute Gasteiger partial charge is 0.325 e. The number of thiazole rings is 1. The molecule has 0 atom stereocenters. The summed E-state index contributed by atoms with van der Waals surface area (Å²) in [6, 6.07) is 5.72. The van der Waals surface area contributed by atoms with Gasteiger partial charge in [0, 0.05) is 18.0 Å². The van der Waals surface area contributed by atoms with Gasteiger partial charge in [-0.25, -0.2) is 9.78 Å². The molecule has 0 aliphatic rings. The minimum Gasteiger partial charge on any atom is -0.495 e. The van der Waals surface area contributed by atoms with E-state index < -0.39 is 0 Å². The van der Waals surface area contributed by atoms with Crippen LogP contribution in [0.3, 0.4) is 0 Å². The van der Waals surface area contributed by atoms with Gasteiger partial charge in [0.05, 0.1) is 18.5 Å². The lowest BCUT2D eigenvalue weighted by molar-refractivity contribution is 0.261. The number of anilines is 2. The van der Waals surface area contributed by atoms with Crippen LogP contribution in [0.5, 0.6) is 5.75 Å². The number of methoxy groups -OCH3 is 1. The highest BCUT2D eigenvalue weighted by Crippen LogP contribution is 2.25. The Kier molecular flexibility index (Phi) is 6.16. The van der Waals surface area contributed by atoms with Gasteiger partial charge in [-0.15, -0.1) is 11.3 Å². The van der Waals surface area contributed by atoms with E-state index in [0.29, 0.717) is 22.6 Å². The van der Waals surface area contributed by atoms with Crippen LogP contribution in [0.1, 0.15) is 25.1 Å². The van der Waals surface area contributed by atoms with E-state index in [4.69, 9.17) is 4.74 Å². The van der Waals surface area contributed by atoms with Crippen LogP contribution in [-0.2, 0) is 6.54 Å². The summed E-state index contributed by atoms with van der Waals surface area (Å²) in [5.41, 5.74) is 2.63. The molecule has 0 fully saturated rings. The standard InChI is InChI=1S/C17H24N4O2S/c1-11(2)21(4)9-13-10-24-17(18-13)20-16(22)19-14-7-6-12(3)8-15(14)23-5/h6-8,10-11H,9H2,1-5H3,(H2,18,19,20,22). The molecular weight excluding hydrogens is 324 g/mol. The minimum atomic E-state index is -0.338. The Balaban J connectivity index is 1.97. The summed E-state index contributed by atoms with van der Waals surface area (Å²) >= 11 is 1.41. The first-order valence-corrected chi connectivity index (χ1v) is 8.64. The highest BCUT2D eigenvalue weighted by atomic mass is 32.1. The fourth-order valence-corrected chi connectivity index (χ4v) is 2.72. The Morgan fingerprint density at radius 3 is 2.79 bits per heavy atom. The average molecular weight is 348 g/mol. The number of ether oxygens (including phenoxy) is 1. The van der Waals surface area contributed by atoms with Crippen molar-refractivity contribution in [3.63, 3.8) is 0 Å². The topological polar surface area (TPSA) is 66.5 Å². The number of hydrogen-bond acceptors (Lipinski definition) is 5. The van der Waals surface area contributed by atoms with E-state index in [9.17, 15) is 4.79 Å². The van der Waals surface area contributed by atoms with Crippen molar-refractivity contribution in [2.75, 3.05) is 24.8 Å². The molecule has 24 heavy (non-hydrogen) atoms. The van der Waals surface area contributed by atoms with Crippen LogP contribution >= 0.6 is 11.3 Å². The number of aromatic nitrogens is 1. The predicted octanol–water partition coefficient (Wildman–Crippen LogP) is 3.94. The van der Waals surface area contributed by atoms with Crippen LogP contribution in [-0.4, -0.2) is 36.1 Å². The molecule has 7 heteroatoms. The molecule has 2 rings (SSSR count). The van der Waals surface area contributed by atoms with Gasteiger partial charge in [0.2, 0.25) is 0 Å². The highest BCUT2D eigenvalue weighted by Gasteiger charge is 2.11. The Bertz CT molecular complexity index is 700. The molecule has 1 aromatic carbocycles.